The number of carbonyl (C=O) groups excluding carboxylic acids is 2. The number of hydrogen-bond donors (Lipinski definition) is 2. The van der Waals surface area contributed by atoms with Crippen LogP contribution in [0.2, 0.25) is 0 Å². The highest BCUT2D eigenvalue weighted by molar-refractivity contribution is 7.14. The van der Waals surface area contributed by atoms with Crippen LogP contribution in [0.1, 0.15) is 37.4 Å². The van der Waals surface area contributed by atoms with E-state index in [0.29, 0.717) is 4.88 Å². The fourth-order valence-corrected chi connectivity index (χ4v) is 2.84. The molecule has 1 aromatic heterocycles. The number of nitrogens with one attached hydrogen (secondary N) is 2. The second kappa shape index (κ2) is 6.49. The first-order chi connectivity index (χ1) is 10.0. The summed E-state index contributed by atoms with van der Waals surface area (Å²) in [6.07, 6.45) is 0.859. The molecular formula is C15H15FN2O2S. The zero-order valence-electron chi connectivity index (χ0n) is 11.7. The van der Waals surface area contributed by atoms with Gasteiger partial charge in [-0.15, -0.1) is 11.3 Å². The molecule has 0 radical (unpaired) electrons. The molecular weight excluding hydrogens is 291 g/mol. The second-order valence-electron chi connectivity index (χ2n) is 4.46. The number of amides is 2. The van der Waals surface area contributed by atoms with Crippen molar-refractivity contribution < 1.29 is 14.0 Å². The molecule has 0 aliphatic rings. The maximum Gasteiger partial charge on any atom is 0.279 e. The Morgan fingerprint density at radius 2 is 1.76 bits per heavy atom. The number of thiophene rings is 1. The number of hydrogen-bond acceptors (Lipinski definition) is 3. The van der Waals surface area contributed by atoms with E-state index in [0.717, 1.165) is 16.9 Å². The molecule has 0 spiro atoms. The molecule has 0 saturated carbocycles. The van der Waals surface area contributed by atoms with Gasteiger partial charge < -0.3 is 0 Å². The molecule has 2 rings (SSSR count). The Kier molecular flexibility index (Phi) is 4.70. The molecule has 0 aliphatic heterocycles. The van der Waals surface area contributed by atoms with Gasteiger partial charge in [0.1, 0.15) is 5.82 Å². The Balaban J connectivity index is 1.97. The lowest BCUT2D eigenvalue weighted by Crippen LogP contribution is -2.41. The van der Waals surface area contributed by atoms with Gasteiger partial charge in [0.05, 0.1) is 4.88 Å². The molecule has 2 amide bonds. The van der Waals surface area contributed by atoms with Gasteiger partial charge in [0.25, 0.3) is 11.8 Å². The van der Waals surface area contributed by atoms with Gasteiger partial charge in [-0.2, -0.15) is 0 Å². The summed E-state index contributed by atoms with van der Waals surface area (Å²) in [5.74, 6) is -1.28. The van der Waals surface area contributed by atoms with Crippen molar-refractivity contribution in [3.05, 3.63) is 57.0 Å². The fourth-order valence-electron chi connectivity index (χ4n) is 1.83. The molecule has 21 heavy (non-hydrogen) atoms. The molecule has 0 atom stereocenters. The summed E-state index contributed by atoms with van der Waals surface area (Å²) < 4.78 is 12.8. The smallest absolute Gasteiger partial charge is 0.267 e. The van der Waals surface area contributed by atoms with Gasteiger partial charge in [-0.25, -0.2) is 4.39 Å². The van der Waals surface area contributed by atoms with Gasteiger partial charge in [0.15, 0.2) is 0 Å². The topological polar surface area (TPSA) is 58.2 Å². The van der Waals surface area contributed by atoms with Crippen molar-refractivity contribution in [2.45, 2.75) is 20.3 Å². The second-order valence-corrected chi connectivity index (χ2v) is 5.72. The highest BCUT2D eigenvalue weighted by atomic mass is 32.1. The Labute approximate surface area is 126 Å². The first-order valence-corrected chi connectivity index (χ1v) is 7.28. The monoisotopic (exact) mass is 306 g/mol. The summed E-state index contributed by atoms with van der Waals surface area (Å²) in [6, 6.07) is 6.89. The van der Waals surface area contributed by atoms with Crippen LogP contribution in [0.5, 0.6) is 0 Å². The van der Waals surface area contributed by atoms with Crippen molar-refractivity contribution in [3.8, 4) is 0 Å². The standard InChI is InChI=1S/C15H15FN2O2S/c1-3-10-8-13(21-9(10)2)15(20)18-17-14(19)11-4-6-12(16)7-5-11/h4-8H,3H2,1-2H3,(H,17,19)(H,18,20). The van der Waals surface area contributed by atoms with Gasteiger partial charge in [-0.05, 0) is 49.2 Å². The van der Waals surface area contributed by atoms with Crippen LogP contribution in [0, 0.1) is 12.7 Å². The third-order valence-electron chi connectivity index (χ3n) is 3.02. The van der Waals surface area contributed by atoms with Gasteiger partial charge in [-0.1, -0.05) is 6.92 Å². The van der Waals surface area contributed by atoms with Crippen molar-refractivity contribution in [1.82, 2.24) is 10.9 Å². The number of aryl methyl sites for hydroxylation is 2. The maximum atomic E-state index is 12.8. The summed E-state index contributed by atoms with van der Waals surface area (Å²) in [4.78, 5) is 25.4. The minimum Gasteiger partial charge on any atom is -0.267 e. The molecule has 2 aromatic rings. The molecule has 0 unspecified atom stereocenters. The third kappa shape index (κ3) is 3.66. The molecule has 0 bridgehead atoms. The highest BCUT2D eigenvalue weighted by Crippen LogP contribution is 2.21. The van der Waals surface area contributed by atoms with E-state index in [9.17, 15) is 14.0 Å². The molecule has 1 heterocycles. The van der Waals surface area contributed by atoms with E-state index >= 15 is 0 Å². The zero-order chi connectivity index (χ0) is 15.4. The van der Waals surface area contributed by atoms with Crippen molar-refractivity contribution >= 4 is 23.2 Å². The van der Waals surface area contributed by atoms with E-state index in [2.05, 4.69) is 10.9 Å². The SMILES string of the molecule is CCc1cc(C(=O)NNC(=O)c2ccc(F)cc2)sc1C. The zero-order valence-corrected chi connectivity index (χ0v) is 12.5. The van der Waals surface area contributed by atoms with E-state index in [4.69, 9.17) is 0 Å². The normalized spacial score (nSPS) is 10.2. The molecule has 4 nitrogen and oxygen atoms in total. The lowest BCUT2D eigenvalue weighted by Gasteiger charge is -2.06. The molecule has 110 valence electrons. The van der Waals surface area contributed by atoms with Crippen molar-refractivity contribution in [1.29, 1.82) is 0 Å². The van der Waals surface area contributed by atoms with Crippen LogP contribution in [0.4, 0.5) is 4.39 Å². The third-order valence-corrected chi connectivity index (χ3v) is 4.11. The van der Waals surface area contributed by atoms with Gasteiger partial charge in [0.2, 0.25) is 0 Å². The lowest BCUT2D eigenvalue weighted by atomic mass is 10.2. The Bertz CT molecular complexity index is 665. The van der Waals surface area contributed by atoms with Crippen LogP contribution < -0.4 is 10.9 Å². The molecule has 1 aromatic carbocycles. The minimum atomic E-state index is -0.493. The van der Waals surface area contributed by atoms with Crippen molar-refractivity contribution in [2.75, 3.05) is 0 Å². The fraction of sp³-hybridized carbons (Fsp3) is 0.200. The van der Waals surface area contributed by atoms with Crippen molar-refractivity contribution in [2.24, 2.45) is 0 Å². The van der Waals surface area contributed by atoms with Crippen LogP contribution in [0.25, 0.3) is 0 Å². The summed E-state index contributed by atoms with van der Waals surface area (Å²) in [5.41, 5.74) is 6.06. The predicted molar refractivity (Wildman–Crippen MR) is 79.8 cm³/mol. The van der Waals surface area contributed by atoms with Gasteiger partial charge >= 0.3 is 0 Å². The average Bonchev–Trinajstić information content (AvgIpc) is 2.86. The van der Waals surface area contributed by atoms with Crippen LogP contribution >= 0.6 is 11.3 Å². The Morgan fingerprint density at radius 3 is 2.33 bits per heavy atom. The van der Waals surface area contributed by atoms with Crippen LogP contribution in [0.3, 0.4) is 0 Å². The molecule has 2 N–H and O–H groups in total. The van der Waals surface area contributed by atoms with Crippen molar-refractivity contribution in [3.63, 3.8) is 0 Å². The number of halogens is 1. The lowest BCUT2D eigenvalue weighted by molar-refractivity contribution is 0.0849. The predicted octanol–water partition coefficient (Wildman–Crippen LogP) is 2.83. The highest BCUT2D eigenvalue weighted by Gasteiger charge is 2.13. The van der Waals surface area contributed by atoms with E-state index in [1.165, 1.54) is 35.6 Å². The number of benzene rings is 1. The van der Waals surface area contributed by atoms with E-state index in [1.54, 1.807) is 0 Å². The molecule has 6 heteroatoms. The molecule has 0 aliphatic carbocycles. The van der Waals surface area contributed by atoms with Gasteiger partial charge in [-0.3, -0.25) is 20.4 Å². The average molecular weight is 306 g/mol. The molecule has 0 saturated heterocycles. The van der Waals surface area contributed by atoms with Crippen LogP contribution in [-0.2, 0) is 6.42 Å². The maximum absolute atomic E-state index is 12.8. The summed E-state index contributed by atoms with van der Waals surface area (Å²) >= 11 is 1.38. The summed E-state index contributed by atoms with van der Waals surface area (Å²) in [5, 5.41) is 0. The number of carbonyl (C=O) groups is 2. The minimum absolute atomic E-state index is 0.272. The summed E-state index contributed by atoms with van der Waals surface area (Å²) in [6.45, 7) is 3.98. The number of hydrazine groups is 1. The molecule has 0 fully saturated rings. The van der Waals surface area contributed by atoms with E-state index in [1.807, 2.05) is 19.9 Å². The number of rotatable bonds is 3. The quantitative estimate of drug-likeness (QED) is 0.857. The van der Waals surface area contributed by atoms with E-state index in [-0.39, 0.29) is 11.5 Å². The largest absolute Gasteiger partial charge is 0.279 e. The Morgan fingerprint density at radius 1 is 1.14 bits per heavy atom. The van der Waals surface area contributed by atoms with Crippen LogP contribution in [-0.4, -0.2) is 11.8 Å². The first-order valence-electron chi connectivity index (χ1n) is 6.46. The van der Waals surface area contributed by atoms with Crippen LogP contribution in [0.15, 0.2) is 30.3 Å². The van der Waals surface area contributed by atoms with E-state index < -0.39 is 11.7 Å². The summed E-state index contributed by atoms with van der Waals surface area (Å²) in [7, 11) is 0. The Hall–Kier alpha value is -2.21. The van der Waals surface area contributed by atoms with Gasteiger partial charge in [0, 0.05) is 10.4 Å². The first kappa shape index (κ1) is 15.2.